The molecule has 0 saturated carbocycles. The Labute approximate surface area is 513 Å². The fourth-order valence-corrected chi connectivity index (χ4v) is 8.90. The van der Waals surface area contributed by atoms with Crippen LogP contribution >= 0.6 is 0 Å². The number of pyridine rings is 1. The zero-order valence-electron chi connectivity index (χ0n) is 58.4. The average molecular weight is 1150 g/mol. The van der Waals surface area contributed by atoms with Crippen LogP contribution in [0.1, 0.15) is 243 Å². The number of aryl methyl sites for hydroxylation is 5. The largest absolute Gasteiger partial charge is 0.337 e. The summed E-state index contributed by atoms with van der Waals surface area (Å²) in [6, 6.07) is 21.0. The van der Waals surface area contributed by atoms with Gasteiger partial charge < -0.3 is 9.13 Å². The molecule has 7 rings (SSSR count). The van der Waals surface area contributed by atoms with Crippen LogP contribution in [-0.2, 0) is 32.6 Å². The third-order valence-electron chi connectivity index (χ3n) is 20.9. The van der Waals surface area contributed by atoms with Gasteiger partial charge in [0, 0.05) is 55.8 Å². The summed E-state index contributed by atoms with van der Waals surface area (Å²) in [6.45, 7) is 62.5. The van der Waals surface area contributed by atoms with Crippen molar-refractivity contribution in [3.8, 4) is 0 Å². The van der Waals surface area contributed by atoms with E-state index in [-0.39, 0.29) is 0 Å². The number of rotatable bonds is 20. The van der Waals surface area contributed by atoms with Crippen LogP contribution in [0.2, 0.25) is 0 Å². The number of benzene rings is 2. The van der Waals surface area contributed by atoms with Gasteiger partial charge in [-0.05, 0) is 149 Å². The summed E-state index contributed by atoms with van der Waals surface area (Å²) in [6.07, 6.45) is 28.0. The van der Waals surface area contributed by atoms with Gasteiger partial charge in [-0.2, -0.15) is 5.10 Å². The molecule has 470 valence electrons. The summed E-state index contributed by atoms with van der Waals surface area (Å²) in [5.41, 5.74) is 8.32. The maximum absolute atomic E-state index is 4.76. The molecule has 5 heterocycles. The van der Waals surface area contributed by atoms with Gasteiger partial charge in [0.25, 0.3) is 0 Å². The molecule has 0 radical (unpaired) electrons. The van der Waals surface area contributed by atoms with Crippen molar-refractivity contribution in [1.82, 2.24) is 53.8 Å². The van der Waals surface area contributed by atoms with Crippen molar-refractivity contribution in [2.45, 2.75) is 270 Å². The van der Waals surface area contributed by atoms with Crippen LogP contribution < -0.4 is 0 Å². The van der Waals surface area contributed by atoms with Crippen LogP contribution in [0.25, 0.3) is 21.9 Å². The fraction of sp³-hybridized carbons (Fsp3) is 0.685. The highest BCUT2D eigenvalue weighted by atomic mass is 15.4. The van der Waals surface area contributed by atoms with Crippen molar-refractivity contribution >= 4 is 21.9 Å². The quantitative estimate of drug-likeness (QED) is 0.0747. The molecule has 0 N–H and O–H groups in total. The Morgan fingerprint density at radius 3 is 1.32 bits per heavy atom. The van der Waals surface area contributed by atoms with Gasteiger partial charge in [0.15, 0.2) is 0 Å². The summed E-state index contributed by atoms with van der Waals surface area (Å²) in [7, 11) is 0. The summed E-state index contributed by atoms with van der Waals surface area (Å²) in [4.78, 5) is 17.2. The lowest BCUT2D eigenvalue weighted by Gasteiger charge is -2.39. The summed E-state index contributed by atoms with van der Waals surface area (Å²) in [5.74, 6) is 0. The number of nitrogens with zero attached hydrogens (tertiary/aromatic N) is 11. The van der Waals surface area contributed by atoms with E-state index in [4.69, 9.17) is 4.98 Å². The van der Waals surface area contributed by atoms with Crippen LogP contribution in [0.15, 0.2) is 111 Å². The Morgan fingerprint density at radius 1 is 0.393 bits per heavy atom. The molecule has 11 heteroatoms. The van der Waals surface area contributed by atoms with Crippen molar-refractivity contribution in [3.05, 3.63) is 116 Å². The first kappa shape index (κ1) is 73.1. The molecule has 11 nitrogen and oxygen atoms in total. The highest BCUT2D eigenvalue weighted by Gasteiger charge is 2.35. The van der Waals surface area contributed by atoms with Gasteiger partial charge in [-0.1, -0.05) is 215 Å². The van der Waals surface area contributed by atoms with Gasteiger partial charge in [0.2, 0.25) is 0 Å². The van der Waals surface area contributed by atoms with Crippen LogP contribution in [0.5, 0.6) is 0 Å². The van der Waals surface area contributed by atoms with Gasteiger partial charge in [-0.3, -0.25) is 14.3 Å². The molecule has 0 aliphatic rings. The van der Waals surface area contributed by atoms with Crippen molar-refractivity contribution in [2.24, 2.45) is 54.1 Å². The maximum Gasteiger partial charge on any atom is 0.137 e. The molecular formula is C73H123N11. The van der Waals surface area contributed by atoms with E-state index in [2.05, 4.69) is 267 Å². The topological polar surface area (TPSA) is 110 Å². The van der Waals surface area contributed by atoms with Gasteiger partial charge in [-0.15, -0.1) is 5.10 Å². The van der Waals surface area contributed by atoms with Crippen molar-refractivity contribution in [3.63, 3.8) is 0 Å². The van der Waals surface area contributed by atoms with Crippen molar-refractivity contribution in [2.75, 3.05) is 0 Å². The normalized spacial score (nSPS) is 13.1. The molecule has 84 heavy (non-hydrogen) atoms. The maximum atomic E-state index is 4.76. The third kappa shape index (κ3) is 23.9. The van der Waals surface area contributed by atoms with Crippen LogP contribution in [0.3, 0.4) is 0 Å². The molecule has 0 saturated heterocycles. The number of hydrogen-bond acceptors (Lipinski definition) is 7. The molecule has 0 spiro atoms. The first-order valence-electron chi connectivity index (χ1n) is 32.0. The van der Waals surface area contributed by atoms with E-state index in [0.717, 1.165) is 56.5 Å². The third-order valence-corrected chi connectivity index (χ3v) is 20.9. The SMILES string of the molecule is CC(C)(C)C(C)(C)CCCc1ccc2ccccc2n1.CC(C)(C)C(C)(C)CCCn1ccnc1.CC(C)(C)C(C)(C)CCCn1ccnn1.CC(C)(C)C(C)(C)CCCn1cnc2ccccc21.CC(C)(C)C(C)(C)CCCn1cncn1. The molecule has 0 bridgehead atoms. The van der Waals surface area contributed by atoms with Crippen LogP contribution in [0, 0.1) is 54.1 Å². The molecule has 0 atom stereocenters. The number of aromatic nitrogens is 11. The molecule has 0 aliphatic heterocycles. The molecule has 0 amide bonds. The molecule has 5 aromatic heterocycles. The lowest BCUT2D eigenvalue weighted by atomic mass is 9.67. The number of imidazole rings is 2. The van der Waals surface area contributed by atoms with Crippen LogP contribution in [0.4, 0.5) is 0 Å². The standard InChI is InChI=1S/C19H27N.C17H26N2.C13H24N2.2C12H23N3/c1-18(2,3)19(4,5)14-8-10-16-13-12-15-9-6-7-11-17(15)20-16;1-16(2,3)17(4,5)11-8-12-19-13-18-14-9-6-7-10-15(14)19;1-12(2,3)13(4,5)7-6-9-15-10-8-14-11-15;1-11(2,3)12(4,5)7-6-9-15-10-8-13-14-15;1-11(2,3)12(4,5)7-6-8-15-10-13-9-14-15/h6-7,9,11-13H,8,10,14H2,1-5H3;6-7,9-10,13H,8,11-12H2,1-5H3;8,10-11H,6-7,9H2,1-5H3;8,10H,6-7,9H2,1-5H3;9-10H,6-8H2,1-5H3. The van der Waals surface area contributed by atoms with E-state index in [1.54, 1.807) is 18.9 Å². The Hall–Kier alpha value is -5.19. The Morgan fingerprint density at radius 2 is 0.857 bits per heavy atom. The summed E-state index contributed by atoms with van der Waals surface area (Å²) >= 11 is 0. The summed E-state index contributed by atoms with van der Waals surface area (Å²) in [5, 5.41) is 13.1. The lowest BCUT2D eigenvalue weighted by Crippen LogP contribution is -2.29. The minimum absolute atomic E-state index is 0.351. The van der Waals surface area contributed by atoms with E-state index in [1.165, 1.54) is 68.0 Å². The molecule has 0 fully saturated rings. The number of hydrogen-bond donors (Lipinski definition) is 0. The van der Waals surface area contributed by atoms with E-state index >= 15 is 0 Å². The first-order valence-corrected chi connectivity index (χ1v) is 32.0. The second-order valence-corrected chi connectivity index (χ2v) is 32.5. The van der Waals surface area contributed by atoms with Gasteiger partial charge in [-0.25, -0.2) is 15.0 Å². The van der Waals surface area contributed by atoms with Gasteiger partial charge >= 0.3 is 0 Å². The van der Waals surface area contributed by atoms with E-state index in [9.17, 15) is 0 Å². The second-order valence-electron chi connectivity index (χ2n) is 32.5. The van der Waals surface area contributed by atoms with Crippen LogP contribution in [-0.4, -0.2) is 53.8 Å². The van der Waals surface area contributed by atoms with Gasteiger partial charge in [0.05, 0.1) is 35.4 Å². The average Bonchev–Trinajstić information content (AvgIpc) is 4.27. The Balaban J connectivity index is 0.000000277. The molecular weight excluding hydrogens is 1030 g/mol. The fourth-order valence-electron chi connectivity index (χ4n) is 8.90. The zero-order chi connectivity index (χ0) is 63.5. The molecule has 7 aromatic rings. The van der Waals surface area contributed by atoms with Crippen molar-refractivity contribution in [1.29, 1.82) is 0 Å². The predicted molar refractivity (Wildman–Crippen MR) is 360 cm³/mol. The smallest absolute Gasteiger partial charge is 0.137 e. The number of para-hydroxylation sites is 3. The monoisotopic (exact) mass is 1150 g/mol. The highest BCUT2D eigenvalue weighted by Crippen LogP contribution is 2.45. The van der Waals surface area contributed by atoms with Gasteiger partial charge in [0.1, 0.15) is 12.7 Å². The number of fused-ring (bicyclic) bond motifs is 2. The summed E-state index contributed by atoms with van der Waals surface area (Å²) < 4.78 is 8.23. The molecule has 0 unspecified atom stereocenters. The minimum atomic E-state index is 0.351. The zero-order valence-corrected chi connectivity index (χ0v) is 58.4. The van der Waals surface area contributed by atoms with E-state index in [0.29, 0.717) is 54.1 Å². The van der Waals surface area contributed by atoms with E-state index < -0.39 is 0 Å². The van der Waals surface area contributed by atoms with Crippen molar-refractivity contribution < 1.29 is 0 Å². The second kappa shape index (κ2) is 30.9. The Kier molecular flexibility index (Phi) is 26.9. The minimum Gasteiger partial charge on any atom is -0.337 e. The predicted octanol–water partition coefficient (Wildman–Crippen LogP) is 20.5. The lowest BCUT2D eigenvalue weighted by molar-refractivity contribution is 0.114. The molecule has 0 aliphatic carbocycles. The highest BCUT2D eigenvalue weighted by molar-refractivity contribution is 5.78. The Bertz CT molecular complexity index is 2710. The van der Waals surface area contributed by atoms with E-state index in [1.807, 2.05) is 46.7 Å². The molecule has 2 aromatic carbocycles. The first-order chi connectivity index (χ1) is 38.6.